The Kier molecular flexibility index (Phi) is 5.12. The molecule has 0 amide bonds. The third-order valence-electron chi connectivity index (χ3n) is 3.44. The maximum absolute atomic E-state index is 14.3. The van der Waals surface area contributed by atoms with Crippen LogP contribution in [-0.4, -0.2) is 20.0 Å². The quantitative estimate of drug-likeness (QED) is 0.627. The number of rotatable bonds is 2. The average Bonchev–Trinajstić information content (AvgIpc) is 2.46. The molecule has 0 aliphatic carbocycles. The van der Waals surface area contributed by atoms with Gasteiger partial charge in [-0.25, -0.2) is 9.37 Å². The Morgan fingerprint density at radius 2 is 2.04 bits per heavy atom. The van der Waals surface area contributed by atoms with Crippen molar-refractivity contribution in [3.8, 4) is 6.07 Å². The first kappa shape index (κ1) is 19.3. The van der Waals surface area contributed by atoms with Gasteiger partial charge in [-0.2, -0.15) is 18.4 Å². The zero-order valence-corrected chi connectivity index (χ0v) is 14.8. The zero-order valence-electron chi connectivity index (χ0n) is 13.1. The Morgan fingerprint density at radius 3 is 2.54 bits per heavy atom. The van der Waals surface area contributed by atoms with E-state index in [0.29, 0.717) is 0 Å². The van der Waals surface area contributed by atoms with Crippen molar-refractivity contribution < 1.29 is 22.1 Å². The molecule has 0 saturated carbocycles. The zero-order chi connectivity index (χ0) is 18.3. The molecule has 4 nitrogen and oxygen atoms in total. The third kappa shape index (κ3) is 3.49. The van der Waals surface area contributed by atoms with E-state index in [9.17, 15) is 27.4 Å². The van der Waals surface area contributed by atoms with Gasteiger partial charge in [0.25, 0.3) is 0 Å². The van der Waals surface area contributed by atoms with E-state index in [-0.39, 0.29) is 22.6 Å². The second-order valence-electron chi connectivity index (χ2n) is 6.26. The van der Waals surface area contributed by atoms with Gasteiger partial charge in [0.1, 0.15) is 4.75 Å². The van der Waals surface area contributed by atoms with E-state index < -0.39 is 39.3 Å². The van der Waals surface area contributed by atoms with Crippen molar-refractivity contribution in [2.75, 3.05) is 5.75 Å². The van der Waals surface area contributed by atoms with Gasteiger partial charge < -0.3 is 4.55 Å². The maximum atomic E-state index is 14.3. The van der Waals surface area contributed by atoms with Crippen molar-refractivity contribution in [3.63, 3.8) is 0 Å². The van der Waals surface area contributed by atoms with Crippen molar-refractivity contribution in [2.24, 2.45) is 0 Å². The lowest BCUT2D eigenvalue weighted by Gasteiger charge is -2.36. The van der Waals surface area contributed by atoms with E-state index in [4.69, 9.17) is 0 Å². The first-order valence-electron chi connectivity index (χ1n) is 6.92. The summed E-state index contributed by atoms with van der Waals surface area (Å²) in [6.45, 7) is 5.06. The molecule has 0 aromatic carbocycles. The molecule has 24 heavy (non-hydrogen) atoms. The second-order valence-corrected chi connectivity index (χ2v) is 9.33. The molecular formula is C14H15F4N3OS2. The van der Waals surface area contributed by atoms with Gasteiger partial charge in [0.05, 0.1) is 11.0 Å². The van der Waals surface area contributed by atoms with Crippen molar-refractivity contribution >= 4 is 23.1 Å². The molecule has 10 heteroatoms. The number of halogens is 4. The summed E-state index contributed by atoms with van der Waals surface area (Å²) in [5.41, 5.74) is -3.17. The summed E-state index contributed by atoms with van der Waals surface area (Å²) < 4.78 is 67.1. The number of pyridine rings is 1. The smallest absolute Gasteiger partial charge is 0.436 e. The molecule has 0 spiro atoms. The lowest BCUT2D eigenvalue weighted by molar-refractivity contribution is -0.144. The Bertz CT molecular complexity index is 684. The van der Waals surface area contributed by atoms with Crippen LogP contribution in [0.1, 0.15) is 38.4 Å². The summed E-state index contributed by atoms with van der Waals surface area (Å²) in [6, 6.07) is 1.96. The van der Waals surface area contributed by atoms with Crippen molar-refractivity contribution in [2.45, 2.75) is 48.5 Å². The molecule has 0 fully saturated rings. The predicted molar refractivity (Wildman–Crippen MR) is 82.9 cm³/mol. The fourth-order valence-electron chi connectivity index (χ4n) is 2.11. The second kappa shape index (κ2) is 6.37. The maximum Gasteiger partial charge on any atom is 0.436 e. The molecule has 0 bridgehead atoms. The first-order chi connectivity index (χ1) is 10.9. The van der Waals surface area contributed by atoms with Crippen molar-refractivity contribution in [1.29, 1.82) is 5.26 Å². The highest BCUT2D eigenvalue weighted by Crippen LogP contribution is 2.44. The number of fused-ring (bicyclic) bond motifs is 1. The molecule has 1 N–H and O–H groups in total. The SMILES string of the molecule is CC(C)(C)[S+]([O-])N[C@@]1(C#N)CCSc2c1cnc(C(F)(F)F)c2F. The monoisotopic (exact) mass is 381 g/mol. The highest BCUT2D eigenvalue weighted by atomic mass is 32.2. The summed E-state index contributed by atoms with van der Waals surface area (Å²) in [7, 11) is 0. The number of hydrogen-bond donors (Lipinski definition) is 1. The minimum atomic E-state index is -4.92. The number of nitrogens with zero attached hydrogens (tertiary/aromatic N) is 2. The number of aromatic nitrogens is 1. The molecule has 2 atom stereocenters. The van der Waals surface area contributed by atoms with Gasteiger partial charge in [0.15, 0.2) is 17.1 Å². The van der Waals surface area contributed by atoms with Crippen LogP contribution in [0.4, 0.5) is 17.6 Å². The highest BCUT2D eigenvalue weighted by Gasteiger charge is 2.47. The topological polar surface area (TPSA) is 71.8 Å². The fraction of sp³-hybridized carbons (Fsp3) is 0.571. The van der Waals surface area contributed by atoms with Crippen molar-refractivity contribution in [3.05, 3.63) is 23.3 Å². The lowest BCUT2D eigenvalue weighted by Crippen LogP contribution is -2.52. The Hall–Kier alpha value is -1.02. The van der Waals surface area contributed by atoms with E-state index in [1.165, 1.54) is 0 Å². The fourth-order valence-corrected chi connectivity index (χ4v) is 4.21. The first-order valence-corrected chi connectivity index (χ1v) is 9.06. The van der Waals surface area contributed by atoms with Crippen LogP contribution in [0.5, 0.6) is 0 Å². The molecule has 0 saturated heterocycles. The molecule has 1 aromatic rings. The van der Waals surface area contributed by atoms with E-state index >= 15 is 0 Å². The van der Waals surface area contributed by atoms with Gasteiger partial charge in [-0.1, -0.05) is 0 Å². The number of nitriles is 1. The minimum absolute atomic E-state index is 0.00986. The molecule has 0 radical (unpaired) electrons. The van der Waals surface area contributed by atoms with E-state index in [1.54, 1.807) is 20.8 Å². The van der Waals surface area contributed by atoms with Gasteiger partial charge in [0.2, 0.25) is 0 Å². The van der Waals surface area contributed by atoms with Crippen LogP contribution in [0.2, 0.25) is 0 Å². The molecule has 2 rings (SSSR count). The lowest BCUT2D eigenvalue weighted by atomic mass is 9.90. The van der Waals surface area contributed by atoms with Crippen LogP contribution in [-0.2, 0) is 23.1 Å². The molecule has 132 valence electrons. The molecular weight excluding hydrogens is 366 g/mol. The molecule has 1 aliphatic rings. The standard InChI is InChI=1S/C14H15F4N3OS2/c1-12(2,3)24(22)21-13(7-19)4-5-23-10-8(13)6-20-11(9(10)15)14(16,17)18/h6,21H,4-5H2,1-3H3/t13-,24?/m1/s1. The summed E-state index contributed by atoms with van der Waals surface area (Å²) in [6.07, 6.45) is -3.90. The van der Waals surface area contributed by atoms with Crippen LogP contribution in [0.25, 0.3) is 0 Å². The van der Waals surface area contributed by atoms with Gasteiger partial charge >= 0.3 is 6.18 Å². The minimum Gasteiger partial charge on any atom is -0.598 e. The van der Waals surface area contributed by atoms with Crippen LogP contribution < -0.4 is 4.72 Å². The normalized spacial score (nSPS) is 22.6. The molecule has 2 heterocycles. The van der Waals surface area contributed by atoms with Crippen LogP contribution in [0, 0.1) is 17.1 Å². The average molecular weight is 381 g/mol. The van der Waals surface area contributed by atoms with Gasteiger partial charge in [-0.05, 0) is 27.2 Å². The predicted octanol–water partition coefficient (Wildman–Crippen LogP) is 3.51. The summed E-state index contributed by atoms with van der Waals surface area (Å²) in [5.74, 6) is -1.28. The third-order valence-corrected chi connectivity index (χ3v) is 6.18. The number of thioether (sulfide) groups is 1. The molecule has 1 aromatic heterocycles. The number of hydrogen-bond acceptors (Lipinski definition) is 5. The van der Waals surface area contributed by atoms with E-state index in [1.807, 2.05) is 6.07 Å². The van der Waals surface area contributed by atoms with Gasteiger partial charge in [0, 0.05) is 28.9 Å². The number of nitrogens with one attached hydrogen (secondary N) is 1. The van der Waals surface area contributed by atoms with Crippen LogP contribution >= 0.6 is 11.8 Å². The molecule has 1 unspecified atom stereocenters. The van der Waals surface area contributed by atoms with Crippen LogP contribution in [0.15, 0.2) is 11.1 Å². The highest BCUT2D eigenvalue weighted by molar-refractivity contribution is 7.99. The number of alkyl halides is 3. The molecule has 1 aliphatic heterocycles. The van der Waals surface area contributed by atoms with E-state index in [2.05, 4.69) is 9.71 Å². The largest absolute Gasteiger partial charge is 0.598 e. The Labute approximate surface area is 144 Å². The van der Waals surface area contributed by atoms with Crippen LogP contribution in [0.3, 0.4) is 0 Å². The van der Waals surface area contributed by atoms with Gasteiger partial charge in [-0.15, -0.1) is 16.5 Å². The summed E-state index contributed by atoms with van der Waals surface area (Å²) >= 11 is -0.772. The Morgan fingerprint density at radius 1 is 1.42 bits per heavy atom. The summed E-state index contributed by atoms with van der Waals surface area (Å²) in [4.78, 5) is 2.90. The van der Waals surface area contributed by atoms with E-state index in [0.717, 1.165) is 18.0 Å². The summed E-state index contributed by atoms with van der Waals surface area (Å²) in [5, 5.41) is 9.59. The Balaban J connectivity index is 2.55. The van der Waals surface area contributed by atoms with Gasteiger partial charge in [-0.3, -0.25) is 0 Å². The van der Waals surface area contributed by atoms with Crippen molar-refractivity contribution in [1.82, 2.24) is 9.71 Å².